The van der Waals surface area contributed by atoms with E-state index in [1.54, 1.807) is 36.4 Å². The summed E-state index contributed by atoms with van der Waals surface area (Å²) in [5, 5.41) is 8.52. The van der Waals surface area contributed by atoms with Gasteiger partial charge in [0.25, 0.3) is 0 Å². The van der Waals surface area contributed by atoms with Gasteiger partial charge in [-0.1, -0.05) is 49.6 Å². The van der Waals surface area contributed by atoms with Crippen LogP contribution in [0.25, 0.3) is 6.08 Å². The van der Waals surface area contributed by atoms with Crippen molar-refractivity contribution in [1.29, 1.82) is 0 Å². The van der Waals surface area contributed by atoms with Crippen LogP contribution in [-0.4, -0.2) is 11.1 Å². The highest BCUT2D eigenvalue weighted by Gasteiger charge is 1.99. The number of carboxylic acid groups (broad SMARTS) is 1. The van der Waals surface area contributed by atoms with Gasteiger partial charge < -0.3 is 5.11 Å². The third kappa shape index (κ3) is 5.60. The van der Waals surface area contributed by atoms with Gasteiger partial charge in [-0.05, 0) is 24.6 Å². The Morgan fingerprint density at radius 2 is 1.69 bits per heavy atom. The van der Waals surface area contributed by atoms with Gasteiger partial charge >= 0.3 is 5.97 Å². The Labute approximate surface area is 96.2 Å². The molecule has 0 amide bonds. The van der Waals surface area contributed by atoms with Crippen molar-refractivity contribution in [3.8, 4) is 0 Å². The molecule has 0 aromatic heterocycles. The maximum absolute atomic E-state index is 10.4. The third-order valence-electron chi connectivity index (χ3n) is 1.74. The van der Waals surface area contributed by atoms with Crippen molar-refractivity contribution in [2.24, 2.45) is 0 Å². The van der Waals surface area contributed by atoms with E-state index in [9.17, 15) is 4.79 Å². The molecule has 84 valence electrons. The van der Waals surface area contributed by atoms with Crippen LogP contribution in [0.1, 0.15) is 22.8 Å². The summed E-state index contributed by atoms with van der Waals surface area (Å²) in [6, 6.07) is 6.55. The molecule has 2 nitrogen and oxygen atoms in total. The van der Waals surface area contributed by atoms with Crippen LogP contribution in [0.5, 0.6) is 0 Å². The van der Waals surface area contributed by atoms with E-state index in [-0.39, 0.29) is 0 Å². The molecule has 1 N–H and O–H groups in total. The second-order valence-corrected chi connectivity index (χ2v) is 3.18. The molecule has 1 rings (SSSR count). The summed E-state index contributed by atoms with van der Waals surface area (Å²) in [7, 11) is 0. The fourth-order valence-corrected chi connectivity index (χ4v) is 0.762. The van der Waals surface area contributed by atoms with E-state index in [0.717, 1.165) is 11.1 Å². The molecule has 16 heavy (non-hydrogen) atoms. The number of carboxylic acids is 1. The van der Waals surface area contributed by atoms with Crippen molar-refractivity contribution in [2.75, 3.05) is 0 Å². The first-order valence-corrected chi connectivity index (χ1v) is 4.75. The molecule has 2 heteroatoms. The van der Waals surface area contributed by atoms with Gasteiger partial charge in [0.2, 0.25) is 0 Å². The SMILES string of the molecule is C=CC(=C)C.C=Cc1ccc(C(=O)O)cc1. The molecular weight excluding hydrogens is 200 g/mol. The summed E-state index contributed by atoms with van der Waals surface area (Å²) in [6.45, 7) is 12.5. The lowest BCUT2D eigenvalue weighted by Crippen LogP contribution is -1.94. The van der Waals surface area contributed by atoms with E-state index in [4.69, 9.17) is 5.11 Å². The Balaban J connectivity index is 0.000000385. The molecule has 0 saturated heterocycles. The molecule has 1 aromatic rings. The van der Waals surface area contributed by atoms with Crippen LogP contribution in [0.2, 0.25) is 0 Å². The first kappa shape index (κ1) is 13.9. The highest BCUT2D eigenvalue weighted by molar-refractivity contribution is 5.87. The zero-order chi connectivity index (χ0) is 12.6. The van der Waals surface area contributed by atoms with Crippen molar-refractivity contribution in [3.05, 3.63) is 66.8 Å². The van der Waals surface area contributed by atoms with E-state index in [2.05, 4.69) is 19.7 Å². The van der Waals surface area contributed by atoms with Crippen molar-refractivity contribution in [1.82, 2.24) is 0 Å². The fraction of sp³-hybridized carbons (Fsp3) is 0.0714. The normalized spacial score (nSPS) is 8.31. The van der Waals surface area contributed by atoms with Gasteiger partial charge in [0.05, 0.1) is 5.56 Å². The molecule has 0 radical (unpaired) electrons. The lowest BCUT2D eigenvalue weighted by molar-refractivity contribution is 0.0697. The number of hydrogen-bond acceptors (Lipinski definition) is 1. The minimum Gasteiger partial charge on any atom is -0.478 e. The van der Waals surface area contributed by atoms with Crippen molar-refractivity contribution < 1.29 is 9.90 Å². The molecule has 0 atom stereocenters. The largest absolute Gasteiger partial charge is 0.478 e. The lowest BCUT2D eigenvalue weighted by Gasteiger charge is -1.93. The Bertz CT molecular complexity index is 386. The first-order chi connectivity index (χ1) is 7.51. The first-order valence-electron chi connectivity index (χ1n) is 4.75. The van der Waals surface area contributed by atoms with Gasteiger partial charge in [-0.2, -0.15) is 0 Å². The standard InChI is InChI=1S/C9H8O2.C5H8/c1-2-7-3-5-8(6-4-7)9(10)11;1-4-5(2)3/h2-6H,1H2,(H,10,11);4H,1-2H2,3H3. The van der Waals surface area contributed by atoms with Crippen molar-refractivity contribution >= 4 is 12.0 Å². The Morgan fingerprint density at radius 3 is 1.94 bits per heavy atom. The zero-order valence-electron chi connectivity index (χ0n) is 9.44. The summed E-state index contributed by atoms with van der Waals surface area (Å²) < 4.78 is 0. The highest BCUT2D eigenvalue weighted by atomic mass is 16.4. The van der Waals surface area contributed by atoms with Crippen LogP contribution in [0.4, 0.5) is 0 Å². The predicted molar refractivity (Wildman–Crippen MR) is 68.5 cm³/mol. The molecule has 0 fully saturated rings. The Hall–Kier alpha value is -2.09. The Morgan fingerprint density at radius 1 is 1.25 bits per heavy atom. The topological polar surface area (TPSA) is 37.3 Å². The van der Waals surface area contributed by atoms with Gasteiger partial charge in [-0.25, -0.2) is 4.79 Å². The van der Waals surface area contributed by atoms with E-state index in [1.165, 1.54) is 0 Å². The van der Waals surface area contributed by atoms with Gasteiger partial charge in [0.1, 0.15) is 0 Å². The molecule has 0 bridgehead atoms. The maximum atomic E-state index is 10.4. The van der Waals surface area contributed by atoms with Crippen molar-refractivity contribution in [2.45, 2.75) is 6.92 Å². The Kier molecular flexibility index (Phi) is 6.29. The van der Waals surface area contributed by atoms with Gasteiger partial charge in [-0.3, -0.25) is 0 Å². The van der Waals surface area contributed by atoms with Crippen molar-refractivity contribution in [3.63, 3.8) is 0 Å². The van der Waals surface area contributed by atoms with E-state index < -0.39 is 5.97 Å². The van der Waals surface area contributed by atoms with Crippen LogP contribution < -0.4 is 0 Å². The second-order valence-electron chi connectivity index (χ2n) is 3.18. The summed E-state index contributed by atoms with van der Waals surface area (Å²) in [6.07, 6.45) is 3.39. The smallest absolute Gasteiger partial charge is 0.335 e. The average molecular weight is 216 g/mol. The molecule has 0 saturated carbocycles. The summed E-state index contributed by atoms with van der Waals surface area (Å²) in [4.78, 5) is 10.4. The van der Waals surface area contributed by atoms with Gasteiger partial charge in [-0.15, -0.1) is 0 Å². The molecular formula is C14H16O2. The number of benzene rings is 1. The van der Waals surface area contributed by atoms with Crippen LogP contribution in [-0.2, 0) is 0 Å². The van der Waals surface area contributed by atoms with E-state index >= 15 is 0 Å². The average Bonchev–Trinajstić information content (AvgIpc) is 2.29. The highest BCUT2D eigenvalue weighted by Crippen LogP contribution is 2.04. The predicted octanol–water partition coefficient (Wildman–Crippen LogP) is 3.78. The van der Waals surface area contributed by atoms with Gasteiger partial charge in [0.15, 0.2) is 0 Å². The van der Waals surface area contributed by atoms with Crippen LogP contribution in [0.3, 0.4) is 0 Å². The molecule has 0 aliphatic rings. The minimum absolute atomic E-state index is 0.301. The summed E-state index contributed by atoms with van der Waals surface area (Å²) in [5.74, 6) is -0.902. The number of aromatic carboxylic acids is 1. The maximum Gasteiger partial charge on any atom is 0.335 e. The van der Waals surface area contributed by atoms with Crippen LogP contribution in [0.15, 0.2) is 55.7 Å². The quantitative estimate of drug-likeness (QED) is 0.781. The number of hydrogen-bond donors (Lipinski definition) is 1. The summed E-state index contributed by atoms with van der Waals surface area (Å²) >= 11 is 0. The van der Waals surface area contributed by atoms with E-state index in [0.29, 0.717) is 5.56 Å². The number of rotatable bonds is 3. The molecule has 0 aliphatic heterocycles. The number of allylic oxidation sites excluding steroid dienone is 2. The summed E-state index contributed by atoms with van der Waals surface area (Å²) in [5.41, 5.74) is 2.25. The monoisotopic (exact) mass is 216 g/mol. The second kappa shape index (κ2) is 7.23. The van der Waals surface area contributed by atoms with Gasteiger partial charge in [0, 0.05) is 0 Å². The fourth-order valence-electron chi connectivity index (χ4n) is 0.762. The molecule has 0 heterocycles. The third-order valence-corrected chi connectivity index (χ3v) is 1.74. The van der Waals surface area contributed by atoms with E-state index in [1.807, 2.05) is 6.92 Å². The number of carbonyl (C=O) groups is 1. The molecule has 0 aliphatic carbocycles. The molecule has 0 unspecified atom stereocenters. The lowest BCUT2D eigenvalue weighted by atomic mass is 10.1. The molecule has 0 spiro atoms. The van der Waals surface area contributed by atoms with Crippen LogP contribution >= 0.6 is 0 Å². The van der Waals surface area contributed by atoms with Crippen LogP contribution in [0, 0.1) is 0 Å². The zero-order valence-corrected chi connectivity index (χ0v) is 9.44. The molecule has 1 aromatic carbocycles. The minimum atomic E-state index is -0.902.